The molecular formula is C10H14F2N2S. The van der Waals surface area contributed by atoms with Gasteiger partial charge in [-0.15, -0.1) is 0 Å². The van der Waals surface area contributed by atoms with Crippen LogP contribution in [0.4, 0.5) is 8.78 Å². The van der Waals surface area contributed by atoms with Crippen LogP contribution in [0.2, 0.25) is 0 Å². The molecule has 0 radical (unpaired) electrons. The van der Waals surface area contributed by atoms with E-state index in [1.165, 1.54) is 12.1 Å². The van der Waals surface area contributed by atoms with Crippen molar-refractivity contribution in [3.05, 3.63) is 35.4 Å². The lowest BCUT2D eigenvalue weighted by Gasteiger charge is -2.14. The monoisotopic (exact) mass is 232 g/mol. The number of nitrogens with one attached hydrogen (secondary N) is 1. The third-order valence-corrected chi connectivity index (χ3v) is 2.82. The van der Waals surface area contributed by atoms with Crippen LogP contribution in [0.25, 0.3) is 0 Å². The van der Waals surface area contributed by atoms with Gasteiger partial charge in [0, 0.05) is 17.9 Å². The van der Waals surface area contributed by atoms with Crippen LogP contribution in [0.3, 0.4) is 0 Å². The Hall–Kier alpha value is -0.650. The molecule has 5 heteroatoms. The van der Waals surface area contributed by atoms with Gasteiger partial charge >= 0.3 is 0 Å². The van der Waals surface area contributed by atoms with E-state index >= 15 is 0 Å². The van der Waals surface area contributed by atoms with E-state index in [0.717, 1.165) is 11.8 Å². The number of thioether (sulfide) groups is 1. The molecule has 15 heavy (non-hydrogen) atoms. The van der Waals surface area contributed by atoms with Gasteiger partial charge in [-0.05, 0) is 24.3 Å². The van der Waals surface area contributed by atoms with Crippen molar-refractivity contribution in [2.45, 2.75) is 12.5 Å². The Kier molecular flexibility index (Phi) is 5.01. The maximum absolute atomic E-state index is 13.3. The lowest BCUT2D eigenvalue weighted by molar-refractivity contribution is 0.536. The molecule has 0 aromatic heterocycles. The first-order valence-corrected chi connectivity index (χ1v) is 5.95. The maximum atomic E-state index is 13.3. The summed E-state index contributed by atoms with van der Waals surface area (Å²) in [5.74, 6) is 5.04. The number of rotatable bonds is 5. The Balaban J connectivity index is 2.70. The summed E-state index contributed by atoms with van der Waals surface area (Å²) in [7, 11) is 0. The van der Waals surface area contributed by atoms with E-state index in [1.54, 1.807) is 11.8 Å². The van der Waals surface area contributed by atoms with Crippen molar-refractivity contribution in [1.82, 2.24) is 5.43 Å². The van der Waals surface area contributed by atoms with E-state index in [1.807, 2.05) is 6.26 Å². The molecule has 0 saturated heterocycles. The molecule has 3 N–H and O–H groups in total. The minimum absolute atomic E-state index is 0.0000359. The van der Waals surface area contributed by atoms with Crippen molar-refractivity contribution in [2.75, 3.05) is 12.0 Å². The second-order valence-corrected chi connectivity index (χ2v) is 4.17. The number of benzene rings is 1. The van der Waals surface area contributed by atoms with Gasteiger partial charge in [0.05, 0.1) is 0 Å². The van der Waals surface area contributed by atoms with Gasteiger partial charge in [0.15, 0.2) is 0 Å². The molecule has 0 aliphatic rings. The van der Waals surface area contributed by atoms with Crippen LogP contribution in [0.5, 0.6) is 0 Å². The van der Waals surface area contributed by atoms with E-state index in [9.17, 15) is 8.78 Å². The molecule has 0 aliphatic carbocycles. The molecule has 0 spiro atoms. The SMILES string of the molecule is CSCC(Cc1ccc(F)cc1F)NN. The highest BCUT2D eigenvalue weighted by molar-refractivity contribution is 7.98. The Morgan fingerprint density at radius 1 is 1.47 bits per heavy atom. The minimum Gasteiger partial charge on any atom is -0.271 e. The molecule has 0 amide bonds. The van der Waals surface area contributed by atoms with Gasteiger partial charge in [-0.2, -0.15) is 11.8 Å². The molecular weight excluding hydrogens is 218 g/mol. The third kappa shape index (κ3) is 3.77. The zero-order valence-corrected chi connectivity index (χ0v) is 9.28. The van der Waals surface area contributed by atoms with Crippen LogP contribution in [0.15, 0.2) is 18.2 Å². The second kappa shape index (κ2) is 6.05. The standard InChI is InChI=1S/C10H14F2N2S/c1-15-6-9(14-13)4-7-2-3-8(11)5-10(7)12/h2-3,5,9,14H,4,6,13H2,1H3. The van der Waals surface area contributed by atoms with Crippen LogP contribution >= 0.6 is 11.8 Å². The van der Waals surface area contributed by atoms with Crippen LogP contribution < -0.4 is 11.3 Å². The lowest BCUT2D eigenvalue weighted by Crippen LogP contribution is -2.38. The first kappa shape index (κ1) is 12.4. The number of hydrogen-bond donors (Lipinski definition) is 2. The molecule has 0 aliphatic heterocycles. The molecule has 0 fully saturated rings. The Labute approximate surface area is 92.2 Å². The molecule has 1 atom stereocenters. The van der Waals surface area contributed by atoms with E-state index in [2.05, 4.69) is 5.43 Å². The topological polar surface area (TPSA) is 38.0 Å². The molecule has 1 aromatic carbocycles. The van der Waals surface area contributed by atoms with Crippen molar-refractivity contribution < 1.29 is 8.78 Å². The van der Waals surface area contributed by atoms with Gasteiger partial charge in [-0.25, -0.2) is 8.78 Å². The molecule has 0 saturated carbocycles. The van der Waals surface area contributed by atoms with E-state index in [-0.39, 0.29) is 6.04 Å². The van der Waals surface area contributed by atoms with Crippen molar-refractivity contribution in [3.63, 3.8) is 0 Å². The molecule has 2 nitrogen and oxygen atoms in total. The normalized spacial score (nSPS) is 12.8. The van der Waals surface area contributed by atoms with Crippen LogP contribution in [-0.2, 0) is 6.42 Å². The second-order valence-electron chi connectivity index (χ2n) is 3.26. The predicted octanol–water partition coefficient (Wildman–Crippen LogP) is 1.70. The summed E-state index contributed by atoms with van der Waals surface area (Å²) >= 11 is 1.62. The number of nitrogens with two attached hydrogens (primary N) is 1. The number of hydrogen-bond acceptors (Lipinski definition) is 3. The summed E-state index contributed by atoms with van der Waals surface area (Å²) in [6.07, 6.45) is 2.41. The van der Waals surface area contributed by atoms with Crippen LogP contribution in [-0.4, -0.2) is 18.1 Å². The number of halogens is 2. The fraction of sp³-hybridized carbons (Fsp3) is 0.400. The molecule has 0 heterocycles. The van der Waals surface area contributed by atoms with Crippen molar-refractivity contribution in [3.8, 4) is 0 Å². The van der Waals surface area contributed by atoms with Gasteiger partial charge in [0.25, 0.3) is 0 Å². The molecule has 84 valence electrons. The van der Waals surface area contributed by atoms with E-state index in [4.69, 9.17) is 5.84 Å². The van der Waals surface area contributed by atoms with Gasteiger partial charge in [0.2, 0.25) is 0 Å². The zero-order valence-electron chi connectivity index (χ0n) is 8.47. The summed E-state index contributed by atoms with van der Waals surface area (Å²) in [4.78, 5) is 0. The van der Waals surface area contributed by atoms with Crippen LogP contribution in [0, 0.1) is 11.6 Å². The quantitative estimate of drug-likeness (QED) is 0.599. The highest BCUT2D eigenvalue weighted by Crippen LogP contribution is 2.12. The first-order chi connectivity index (χ1) is 7.17. The summed E-state index contributed by atoms with van der Waals surface area (Å²) in [6, 6.07) is 3.60. The first-order valence-electron chi connectivity index (χ1n) is 4.56. The largest absolute Gasteiger partial charge is 0.271 e. The van der Waals surface area contributed by atoms with Crippen molar-refractivity contribution >= 4 is 11.8 Å². The Morgan fingerprint density at radius 2 is 2.20 bits per heavy atom. The fourth-order valence-corrected chi connectivity index (χ4v) is 1.94. The number of hydrazine groups is 1. The summed E-state index contributed by atoms with van der Waals surface area (Å²) in [5, 5.41) is 0. The minimum atomic E-state index is -0.557. The summed E-state index contributed by atoms with van der Waals surface area (Å²) in [5.41, 5.74) is 3.09. The molecule has 1 rings (SSSR count). The Bertz CT molecular complexity index is 320. The molecule has 1 unspecified atom stereocenters. The lowest BCUT2D eigenvalue weighted by atomic mass is 10.1. The average molecular weight is 232 g/mol. The Morgan fingerprint density at radius 3 is 2.73 bits per heavy atom. The van der Waals surface area contributed by atoms with Gasteiger partial charge in [0.1, 0.15) is 11.6 Å². The average Bonchev–Trinajstić information content (AvgIpc) is 2.21. The highest BCUT2D eigenvalue weighted by Gasteiger charge is 2.10. The van der Waals surface area contributed by atoms with Crippen molar-refractivity contribution in [2.24, 2.45) is 5.84 Å². The zero-order chi connectivity index (χ0) is 11.3. The fourth-order valence-electron chi connectivity index (χ4n) is 1.32. The van der Waals surface area contributed by atoms with Crippen molar-refractivity contribution in [1.29, 1.82) is 0 Å². The van der Waals surface area contributed by atoms with Gasteiger partial charge in [-0.1, -0.05) is 6.07 Å². The van der Waals surface area contributed by atoms with E-state index in [0.29, 0.717) is 12.0 Å². The summed E-state index contributed by atoms with van der Waals surface area (Å²) < 4.78 is 25.9. The van der Waals surface area contributed by atoms with Crippen LogP contribution in [0.1, 0.15) is 5.56 Å². The smallest absolute Gasteiger partial charge is 0.129 e. The maximum Gasteiger partial charge on any atom is 0.129 e. The van der Waals surface area contributed by atoms with Gasteiger partial charge < -0.3 is 0 Å². The molecule has 1 aromatic rings. The third-order valence-electron chi connectivity index (χ3n) is 2.08. The highest BCUT2D eigenvalue weighted by atomic mass is 32.2. The van der Waals surface area contributed by atoms with Gasteiger partial charge in [-0.3, -0.25) is 11.3 Å². The predicted molar refractivity (Wildman–Crippen MR) is 59.6 cm³/mol. The summed E-state index contributed by atoms with van der Waals surface area (Å²) in [6.45, 7) is 0. The molecule has 0 bridgehead atoms. The van der Waals surface area contributed by atoms with E-state index < -0.39 is 11.6 Å².